The predicted octanol–water partition coefficient (Wildman–Crippen LogP) is 10.5. The van der Waals surface area contributed by atoms with Gasteiger partial charge in [0.2, 0.25) is 0 Å². The first kappa shape index (κ1) is 27.2. The molecule has 2 heterocycles. The fourth-order valence-electron chi connectivity index (χ4n) is 6.94. The predicted molar refractivity (Wildman–Crippen MR) is 189 cm³/mol. The molecule has 3 N–H and O–H groups in total. The van der Waals surface area contributed by atoms with E-state index in [0.717, 1.165) is 70.9 Å². The molecule has 0 spiro atoms. The molecule has 0 unspecified atom stereocenters. The quantitative estimate of drug-likeness (QED) is 0.206. The van der Waals surface area contributed by atoms with Crippen LogP contribution in [0, 0.1) is 0 Å². The Morgan fingerprint density at radius 2 is 1.51 bits per heavy atom. The molecule has 218 valence electrons. The van der Waals surface area contributed by atoms with Crippen molar-refractivity contribution in [2.75, 3.05) is 0 Å². The molecule has 2 aromatic heterocycles. The second-order valence-electron chi connectivity index (χ2n) is 12.1. The summed E-state index contributed by atoms with van der Waals surface area (Å²) in [5.74, 6) is 0. The molecule has 0 radical (unpaired) electrons. The second-order valence-corrected chi connectivity index (χ2v) is 12.1. The first-order valence-electron chi connectivity index (χ1n) is 15.9. The van der Waals surface area contributed by atoms with E-state index in [-0.39, 0.29) is 0 Å². The highest BCUT2D eigenvalue weighted by molar-refractivity contribution is 6.03. The molecule has 0 atom stereocenters. The minimum atomic E-state index is 0.868. The summed E-state index contributed by atoms with van der Waals surface area (Å²) in [5.41, 5.74) is 22.1. The zero-order chi connectivity index (χ0) is 30.2. The van der Waals surface area contributed by atoms with E-state index < -0.39 is 0 Å². The van der Waals surface area contributed by atoms with E-state index in [0.29, 0.717) is 0 Å². The van der Waals surface area contributed by atoms with Crippen molar-refractivity contribution in [2.45, 2.75) is 32.1 Å². The van der Waals surface area contributed by atoms with Crippen molar-refractivity contribution in [1.29, 1.82) is 0 Å². The van der Waals surface area contributed by atoms with Crippen molar-refractivity contribution < 1.29 is 0 Å². The van der Waals surface area contributed by atoms with Crippen LogP contribution in [0.1, 0.15) is 31.2 Å². The standard InChI is InChI=1S/C42H35N3/c43-40-30(19-18-29-10-1-2-17-38(29)40)11-5-8-28-9-6-12-33(26-28)36-15-3-4-16-37(36)34-13-7-14-35(27-34)39-23-22-31-20-21-32-24-25-44-41(32)42(31)45-39/h2-7,9,11-17,20-27,45H,1,8,10,18-19,43H2/b11-5-. The number of aromatic amines is 1. The number of hydrogen-bond donors (Lipinski definition) is 2. The number of H-pyrrole nitrogens is 1. The number of allylic oxidation sites excluding steroid dienone is 6. The normalized spacial score (nSPS) is 15.0. The average molecular weight is 582 g/mol. The lowest BCUT2D eigenvalue weighted by Gasteiger charge is -2.23. The van der Waals surface area contributed by atoms with Crippen LogP contribution in [0.25, 0.3) is 55.3 Å². The Bertz CT molecular complexity index is 2200. The van der Waals surface area contributed by atoms with Crippen molar-refractivity contribution in [3.8, 4) is 33.5 Å². The van der Waals surface area contributed by atoms with Gasteiger partial charge in [-0.15, -0.1) is 0 Å². The minimum Gasteiger partial charge on any atom is -0.398 e. The van der Waals surface area contributed by atoms with Crippen LogP contribution in [0.3, 0.4) is 0 Å². The fraction of sp³-hybridized carbons (Fsp3) is 0.119. The van der Waals surface area contributed by atoms with E-state index in [1.165, 1.54) is 44.5 Å². The number of rotatable bonds is 6. The number of nitrogens with two attached hydrogens (primary N) is 1. The number of nitrogens with zero attached hydrogens (tertiary/aromatic N) is 1. The lowest BCUT2D eigenvalue weighted by Crippen LogP contribution is -2.12. The highest BCUT2D eigenvalue weighted by atomic mass is 14.8. The van der Waals surface area contributed by atoms with Gasteiger partial charge in [-0.3, -0.25) is 4.98 Å². The van der Waals surface area contributed by atoms with E-state index >= 15 is 0 Å². The van der Waals surface area contributed by atoms with E-state index in [4.69, 9.17) is 5.73 Å². The third-order valence-electron chi connectivity index (χ3n) is 9.32. The Balaban J connectivity index is 1.08. The van der Waals surface area contributed by atoms with Crippen LogP contribution >= 0.6 is 0 Å². The number of fused-ring (bicyclic) bond motifs is 3. The molecule has 2 aliphatic carbocycles. The van der Waals surface area contributed by atoms with Crippen molar-refractivity contribution in [2.24, 2.45) is 5.73 Å². The Kier molecular flexibility index (Phi) is 7.00. The third-order valence-corrected chi connectivity index (χ3v) is 9.32. The summed E-state index contributed by atoms with van der Waals surface area (Å²) in [6.45, 7) is 0. The molecule has 2 aliphatic rings. The highest BCUT2D eigenvalue weighted by Crippen LogP contribution is 2.36. The molecule has 0 saturated heterocycles. The molecule has 3 heteroatoms. The maximum Gasteiger partial charge on any atom is 0.0943 e. The molecule has 0 bridgehead atoms. The van der Waals surface area contributed by atoms with E-state index in [2.05, 4.69) is 137 Å². The van der Waals surface area contributed by atoms with Crippen molar-refractivity contribution >= 4 is 21.8 Å². The zero-order valence-electron chi connectivity index (χ0n) is 25.3. The van der Waals surface area contributed by atoms with Gasteiger partial charge in [0.05, 0.1) is 11.0 Å². The minimum absolute atomic E-state index is 0.868. The monoisotopic (exact) mass is 581 g/mol. The molecular formula is C42H35N3. The maximum atomic E-state index is 6.59. The lowest BCUT2D eigenvalue weighted by molar-refractivity contribution is 0.799. The Morgan fingerprint density at radius 1 is 0.733 bits per heavy atom. The number of nitrogens with one attached hydrogen (secondary N) is 1. The Labute approximate surface area is 264 Å². The van der Waals surface area contributed by atoms with E-state index in [1.54, 1.807) is 0 Å². The van der Waals surface area contributed by atoms with Crippen molar-refractivity contribution in [1.82, 2.24) is 9.97 Å². The van der Waals surface area contributed by atoms with Gasteiger partial charge in [0.25, 0.3) is 0 Å². The second kappa shape index (κ2) is 11.6. The molecule has 4 aromatic carbocycles. The van der Waals surface area contributed by atoms with Gasteiger partial charge in [0.15, 0.2) is 0 Å². The maximum absolute atomic E-state index is 6.59. The molecule has 6 aromatic rings. The van der Waals surface area contributed by atoms with E-state index in [9.17, 15) is 0 Å². The topological polar surface area (TPSA) is 54.7 Å². The summed E-state index contributed by atoms with van der Waals surface area (Å²) >= 11 is 0. The van der Waals surface area contributed by atoms with Gasteiger partial charge in [0.1, 0.15) is 0 Å². The smallest absolute Gasteiger partial charge is 0.0943 e. The SMILES string of the molecule is NC1=C(/C=C\Cc2cccc(-c3ccccc3-c3cccc(-c4ccc5ccc6ccnc6c5[nH]4)c3)c2)CCC2=C1C=CCC2. The van der Waals surface area contributed by atoms with Crippen LogP contribution < -0.4 is 5.73 Å². The van der Waals surface area contributed by atoms with Crippen LogP contribution in [0.5, 0.6) is 0 Å². The summed E-state index contributed by atoms with van der Waals surface area (Å²) in [4.78, 5) is 8.29. The molecule has 0 amide bonds. The molecule has 8 rings (SSSR count). The fourth-order valence-corrected chi connectivity index (χ4v) is 6.94. The molecule has 0 saturated carbocycles. The molecular weight excluding hydrogens is 546 g/mol. The molecule has 45 heavy (non-hydrogen) atoms. The summed E-state index contributed by atoms with van der Waals surface area (Å²) < 4.78 is 0. The van der Waals surface area contributed by atoms with Crippen molar-refractivity contribution in [3.63, 3.8) is 0 Å². The van der Waals surface area contributed by atoms with Crippen LogP contribution in [-0.2, 0) is 6.42 Å². The van der Waals surface area contributed by atoms with Gasteiger partial charge >= 0.3 is 0 Å². The summed E-state index contributed by atoms with van der Waals surface area (Å²) in [6.07, 6.45) is 16.2. The van der Waals surface area contributed by atoms with Crippen LogP contribution in [0.2, 0.25) is 0 Å². The number of hydrogen-bond acceptors (Lipinski definition) is 2. The van der Waals surface area contributed by atoms with Crippen LogP contribution in [0.15, 0.2) is 156 Å². The number of benzene rings is 4. The van der Waals surface area contributed by atoms with E-state index in [1.807, 2.05) is 6.20 Å². The summed E-state index contributed by atoms with van der Waals surface area (Å²) in [6, 6.07) is 37.1. The third kappa shape index (κ3) is 5.21. The Hall–Kier alpha value is -5.41. The van der Waals surface area contributed by atoms with Gasteiger partial charge in [-0.25, -0.2) is 0 Å². The number of aromatic nitrogens is 2. The summed E-state index contributed by atoms with van der Waals surface area (Å²) in [7, 11) is 0. The first-order chi connectivity index (χ1) is 22.2. The van der Waals surface area contributed by atoms with Gasteiger partial charge in [-0.2, -0.15) is 0 Å². The summed E-state index contributed by atoms with van der Waals surface area (Å²) in [5, 5.41) is 2.31. The van der Waals surface area contributed by atoms with Crippen LogP contribution in [-0.4, -0.2) is 9.97 Å². The largest absolute Gasteiger partial charge is 0.398 e. The molecule has 0 aliphatic heterocycles. The van der Waals surface area contributed by atoms with Gasteiger partial charge in [-0.1, -0.05) is 115 Å². The molecule has 3 nitrogen and oxygen atoms in total. The van der Waals surface area contributed by atoms with Gasteiger partial charge < -0.3 is 10.7 Å². The van der Waals surface area contributed by atoms with Crippen LogP contribution in [0.4, 0.5) is 0 Å². The average Bonchev–Trinajstić information content (AvgIpc) is 3.59. The Morgan fingerprint density at radius 3 is 2.40 bits per heavy atom. The number of pyridine rings is 1. The van der Waals surface area contributed by atoms with Crippen molar-refractivity contribution in [3.05, 3.63) is 162 Å². The molecule has 0 fully saturated rings. The first-order valence-corrected chi connectivity index (χ1v) is 15.9. The zero-order valence-corrected chi connectivity index (χ0v) is 25.3. The van der Waals surface area contributed by atoms with Gasteiger partial charge in [0, 0.05) is 28.4 Å². The van der Waals surface area contributed by atoms with Gasteiger partial charge in [-0.05, 0) is 94.8 Å². The highest BCUT2D eigenvalue weighted by Gasteiger charge is 2.18. The lowest BCUT2D eigenvalue weighted by atomic mass is 9.84.